The Morgan fingerprint density at radius 3 is 2.81 bits per heavy atom. The smallest absolute Gasteiger partial charge is 0.110 e. The molecule has 0 aliphatic carbocycles. The average molecular weight is 236 g/mol. The zero-order valence-electron chi connectivity index (χ0n) is 9.77. The molecule has 1 N–H and O–H groups in total. The number of imidazole rings is 1. The number of aromatic nitrogens is 3. The zero-order valence-corrected chi connectivity index (χ0v) is 10.6. The van der Waals surface area contributed by atoms with E-state index in [-0.39, 0.29) is 0 Å². The summed E-state index contributed by atoms with van der Waals surface area (Å²) < 4.78 is 2.06. The van der Waals surface area contributed by atoms with E-state index in [1.165, 1.54) is 4.88 Å². The van der Waals surface area contributed by atoms with Gasteiger partial charge in [-0.05, 0) is 14.0 Å². The van der Waals surface area contributed by atoms with Crippen molar-refractivity contribution in [3.05, 3.63) is 34.3 Å². The Balaban J connectivity index is 2.19. The lowest BCUT2D eigenvalue weighted by Gasteiger charge is -2.14. The summed E-state index contributed by atoms with van der Waals surface area (Å²) in [6.07, 6.45) is 4.70. The normalized spacial score (nSPS) is 12.9. The largest absolute Gasteiger partial charge is 0.338 e. The van der Waals surface area contributed by atoms with Crippen molar-refractivity contribution in [2.75, 3.05) is 7.05 Å². The summed E-state index contributed by atoms with van der Waals surface area (Å²) >= 11 is 1.70. The van der Waals surface area contributed by atoms with E-state index in [1.807, 2.05) is 32.0 Å². The second kappa shape index (κ2) is 4.76. The highest BCUT2D eigenvalue weighted by molar-refractivity contribution is 7.09. The van der Waals surface area contributed by atoms with Gasteiger partial charge in [-0.25, -0.2) is 9.97 Å². The number of aryl methyl sites for hydroxylation is 2. The first-order valence-corrected chi connectivity index (χ1v) is 6.13. The van der Waals surface area contributed by atoms with Crippen LogP contribution in [-0.2, 0) is 13.5 Å². The summed E-state index contributed by atoms with van der Waals surface area (Å²) in [5.41, 5.74) is 3.01. The minimum Gasteiger partial charge on any atom is -0.338 e. The van der Waals surface area contributed by atoms with E-state index < -0.39 is 0 Å². The SMILES string of the molecule is CNC(Cc1nccn1C)c1scnc1C. The van der Waals surface area contributed by atoms with Crippen LogP contribution in [-0.4, -0.2) is 21.6 Å². The molecule has 2 heterocycles. The molecule has 0 spiro atoms. The predicted octanol–water partition coefficient (Wildman–Crippen LogP) is 1.69. The second-order valence-electron chi connectivity index (χ2n) is 3.80. The van der Waals surface area contributed by atoms with E-state index >= 15 is 0 Å². The van der Waals surface area contributed by atoms with E-state index in [0.717, 1.165) is 17.9 Å². The molecule has 0 aromatic carbocycles. The third-order valence-corrected chi connectivity index (χ3v) is 3.80. The van der Waals surface area contributed by atoms with Crippen LogP contribution in [0.5, 0.6) is 0 Å². The molecule has 0 aliphatic rings. The van der Waals surface area contributed by atoms with Crippen LogP contribution in [0, 0.1) is 6.92 Å². The summed E-state index contributed by atoms with van der Waals surface area (Å²) in [5.74, 6) is 1.09. The predicted molar refractivity (Wildman–Crippen MR) is 65.6 cm³/mol. The minimum absolute atomic E-state index is 0.300. The first kappa shape index (κ1) is 11.3. The first-order valence-electron chi connectivity index (χ1n) is 5.25. The number of nitrogens with zero attached hydrogens (tertiary/aromatic N) is 3. The van der Waals surface area contributed by atoms with E-state index in [9.17, 15) is 0 Å². The lowest BCUT2D eigenvalue weighted by molar-refractivity contribution is 0.568. The molecule has 1 unspecified atom stereocenters. The van der Waals surface area contributed by atoms with Crippen molar-refractivity contribution in [3.63, 3.8) is 0 Å². The van der Waals surface area contributed by atoms with Crippen LogP contribution in [0.3, 0.4) is 0 Å². The number of hydrogen-bond acceptors (Lipinski definition) is 4. The van der Waals surface area contributed by atoms with Gasteiger partial charge in [-0.3, -0.25) is 0 Å². The van der Waals surface area contributed by atoms with Crippen molar-refractivity contribution >= 4 is 11.3 Å². The van der Waals surface area contributed by atoms with Crippen molar-refractivity contribution in [2.24, 2.45) is 7.05 Å². The van der Waals surface area contributed by atoms with Crippen LogP contribution in [0.15, 0.2) is 17.9 Å². The lowest BCUT2D eigenvalue weighted by Crippen LogP contribution is -2.20. The Hall–Kier alpha value is -1.20. The topological polar surface area (TPSA) is 42.7 Å². The highest BCUT2D eigenvalue weighted by Gasteiger charge is 2.16. The van der Waals surface area contributed by atoms with Crippen LogP contribution in [0.25, 0.3) is 0 Å². The fraction of sp³-hybridized carbons (Fsp3) is 0.455. The van der Waals surface area contributed by atoms with Gasteiger partial charge in [-0.2, -0.15) is 0 Å². The fourth-order valence-electron chi connectivity index (χ4n) is 1.75. The van der Waals surface area contributed by atoms with Crippen LogP contribution < -0.4 is 5.32 Å². The Kier molecular flexibility index (Phi) is 3.36. The fourth-order valence-corrected chi connectivity index (χ4v) is 2.66. The van der Waals surface area contributed by atoms with Crippen LogP contribution in [0.4, 0.5) is 0 Å². The molecule has 5 heteroatoms. The third-order valence-electron chi connectivity index (χ3n) is 2.76. The van der Waals surface area contributed by atoms with E-state index in [2.05, 4.69) is 26.8 Å². The molecule has 0 aliphatic heterocycles. The molecule has 86 valence electrons. The van der Waals surface area contributed by atoms with E-state index in [1.54, 1.807) is 11.3 Å². The highest BCUT2D eigenvalue weighted by Crippen LogP contribution is 2.24. The second-order valence-corrected chi connectivity index (χ2v) is 4.69. The minimum atomic E-state index is 0.300. The van der Waals surface area contributed by atoms with Crippen LogP contribution in [0.1, 0.15) is 22.4 Å². The summed E-state index contributed by atoms with van der Waals surface area (Å²) in [6.45, 7) is 2.05. The summed E-state index contributed by atoms with van der Waals surface area (Å²) in [7, 11) is 4.00. The Morgan fingerprint density at radius 2 is 2.31 bits per heavy atom. The van der Waals surface area contributed by atoms with Crippen molar-refractivity contribution < 1.29 is 0 Å². The number of likely N-dealkylation sites (N-methyl/N-ethyl adjacent to an activating group) is 1. The third kappa shape index (κ3) is 2.15. The van der Waals surface area contributed by atoms with Gasteiger partial charge in [0, 0.05) is 30.7 Å². The van der Waals surface area contributed by atoms with Gasteiger partial charge in [0.2, 0.25) is 0 Å². The molecular formula is C11H16N4S. The average Bonchev–Trinajstić information content (AvgIpc) is 2.85. The van der Waals surface area contributed by atoms with Crippen LogP contribution in [0.2, 0.25) is 0 Å². The Bertz CT molecular complexity index is 460. The van der Waals surface area contributed by atoms with Gasteiger partial charge in [-0.1, -0.05) is 0 Å². The molecule has 0 bridgehead atoms. The lowest BCUT2D eigenvalue weighted by atomic mass is 10.1. The van der Waals surface area contributed by atoms with Gasteiger partial charge >= 0.3 is 0 Å². The van der Waals surface area contributed by atoms with Gasteiger partial charge in [0.1, 0.15) is 5.82 Å². The molecule has 0 saturated heterocycles. The zero-order chi connectivity index (χ0) is 11.5. The molecule has 2 aromatic heterocycles. The first-order chi connectivity index (χ1) is 7.72. The molecule has 2 rings (SSSR count). The number of thiazole rings is 1. The molecule has 0 saturated carbocycles. The molecule has 1 atom stereocenters. The van der Waals surface area contributed by atoms with Gasteiger partial charge in [0.25, 0.3) is 0 Å². The van der Waals surface area contributed by atoms with Crippen LogP contribution >= 0.6 is 11.3 Å². The molecule has 0 amide bonds. The monoisotopic (exact) mass is 236 g/mol. The van der Waals surface area contributed by atoms with Gasteiger partial charge < -0.3 is 9.88 Å². The summed E-state index contributed by atoms with van der Waals surface area (Å²) in [4.78, 5) is 9.94. The highest BCUT2D eigenvalue weighted by atomic mass is 32.1. The number of rotatable bonds is 4. The van der Waals surface area contributed by atoms with Gasteiger partial charge in [0.15, 0.2) is 0 Å². The standard InChI is InChI=1S/C11H16N4S/c1-8-11(16-7-14-8)9(12-2)6-10-13-4-5-15(10)3/h4-5,7,9,12H,6H2,1-3H3. The van der Waals surface area contributed by atoms with Crippen molar-refractivity contribution in [1.29, 1.82) is 0 Å². The van der Waals surface area contributed by atoms with Crippen molar-refractivity contribution in [1.82, 2.24) is 19.9 Å². The van der Waals surface area contributed by atoms with Gasteiger partial charge in [-0.15, -0.1) is 11.3 Å². The Labute approximate surface area is 99.4 Å². The Morgan fingerprint density at radius 1 is 1.50 bits per heavy atom. The summed E-state index contributed by atoms with van der Waals surface area (Å²) in [5, 5.41) is 3.33. The molecular weight excluding hydrogens is 220 g/mol. The molecule has 4 nitrogen and oxygen atoms in total. The van der Waals surface area contributed by atoms with E-state index in [4.69, 9.17) is 0 Å². The molecule has 0 fully saturated rings. The maximum Gasteiger partial charge on any atom is 0.110 e. The van der Waals surface area contributed by atoms with Gasteiger partial charge in [0.05, 0.1) is 17.2 Å². The molecule has 16 heavy (non-hydrogen) atoms. The summed E-state index contributed by atoms with van der Waals surface area (Å²) in [6, 6.07) is 0.300. The number of hydrogen-bond donors (Lipinski definition) is 1. The van der Waals surface area contributed by atoms with Crippen molar-refractivity contribution in [2.45, 2.75) is 19.4 Å². The number of nitrogens with one attached hydrogen (secondary N) is 1. The molecule has 0 radical (unpaired) electrons. The quantitative estimate of drug-likeness (QED) is 0.878. The maximum absolute atomic E-state index is 4.35. The molecule has 2 aromatic rings. The maximum atomic E-state index is 4.35. The van der Waals surface area contributed by atoms with E-state index in [0.29, 0.717) is 6.04 Å². The van der Waals surface area contributed by atoms with Crippen molar-refractivity contribution in [3.8, 4) is 0 Å².